The SMILES string of the molecule is CC(C)OC(=O)C(Cl)=C(Cl)CCl. The molecule has 0 amide bonds. The molecule has 0 heterocycles. The Morgan fingerprint density at radius 1 is 1.42 bits per heavy atom. The second-order valence-electron chi connectivity index (χ2n) is 2.31. The Kier molecular flexibility index (Phi) is 5.72. The molecule has 0 aliphatic heterocycles. The standard InChI is InChI=1S/C7H9Cl3O2/c1-4(2)12-7(11)6(10)5(9)3-8/h4H,3H2,1-2H3. The van der Waals surface area contributed by atoms with Gasteiger partial charge in [-0.2, -0.15) is 0 Å². The summed E-state index contributed by atoms with van der Waals surface area (Å²) in [7, 11) is 0. The zero-order chi connectivity index (χ0) is 9.72. The number of esters is 1. The molecule has 0 aromatic carbocycles. The van der Waals surface area contributed by atoms with Gasteiger partial charge in [0.2, 0.25) is 0 Å². The van der Waals surface area contributed by atoms with E-state index in [9.17, 15) is 4.79 Å². The van der Waals surface area contributed by atoms with Crippen LogP contribution in [-0.4, -0.2) is 18.0 Å². The maximum atomic E-state index is 11.0. The molecule has 0 aliphatic carbocycles. The highest BCUT2D eigenvalue weighted by atomic mass is 35.5. The molecule has 12 heavy (non-hydrogen) atoms. The monoisotopic (exact) mass is 230 g/mol. The molecule has 0 aliphatic rings. The van der Waals surface area contributed by atoms with Crippen molar-refractivity contribution >= 4 is 40.8 Å². The predicted octanol–water partition coefficient (Wildman–Crippen LogP) is 2.87. The summed E-state index contributed by atoms with van der Waals surface area (Å²) < 4.78 is 4.76. The van der Waals surface area contributed by atoms with Crippen molar-refractivity contribution in [3.63, 3.8) is 0 Å². The van der Waals surface area contributed by atoms with E-state index in [4.69, 9.17) is 39.5 Å². The minimum atomic E-state index is -0.641. The van der Waals surface area contributed by atoms with Gasteiger partial charge in [-0.3, -0.25) is 0 Å². The minimum absolute atomic E-state index is 0.00752. The van der Waals surface area contributed by atoms with Crippen LogP contribution in [0.2, 0.25) is 0 Å². The van der Waals surface area contributed by atoms with Crippen LogP contribution in [0.25, 0.3) is 0 Å². The molecule has 2 nitrogen and oxygen atoms in total. The van der Waals surface area contributed by atoms with Crippen LogP contribution in [0.5, 0.6) is 0 Å². The van der Waals surface area contributed by atoms with Crippen LogP contribution in [0.4, 0.5) is 0 Å². The molecule has 0 fully saturated rings. The summed E-state index contributed by atoms with van der Waals surface area (Å²) in [6.45, 7) is 3.44. The van der Waals surface area contributed by atoms with Crippen LogP contribution in [0.1, 0.15) is 13.8 Å². The van der Waals surface area contributed by atoms with Gasteiger partial charge in [-0.25, -0.2) is 4.79 Å². The predicted molar refractivity (Wildman–Crippen MR) is 50.7 cm³/mol. The smallest absolute Gasteiger partial charge is 0.351 e. The lowest BCUT2D eigenvalue weighted by Crippen LogP contribution is -2.12. The second-order valence-corrected chi connectivity index (χ2v) is 3.41. The zero-order valence-corrected chi connectivity index (χ0v) is 9.00. The Balaban J connectivity index is 4.29. The van der Waals surface area contributed by atoms with Crippen LogP contribution in [0.15, 0.2) is 10.1 Å². The zero-order valence-electron chi connectivity index (χ0n) is 6.73. The molecule has 0 rings (SSSR count). The first kappa shape index (κ1) is 12.1. The molecule has 0 bridgehead atoms. The van der Waals surface area contributed by atoms with Crippen molar-refractivity contribution in [1.82, 2.24) is 0 Å². The number of hydrogen-bond donors (Lipinski definition) is 0. The van der Waals surface area contributed by atoms with E-state index in [1.54, 1.807) is 13.8 Å². The third-order valence-electron chi connectivity index (χ3n) is 0.877. The average Bonchev–Trinajstić information content (AvgIpc) is 2.00. The lowest BCUT2D eigenvalue weighted by atomic mass is 10.4. The number of carbonyl (C=O) groups excluding carboxylic acids is 1. The van der Waals surface area contributed by atoms with Gasteiger partial charge < -0.3 is 4.74 Å². The number of alkyl halides is 1. The van der Waals surface area contributed by atoms with E-state index in [0.717, 1.165) is 0 Å². The first-order valence-corrected chi connectivity index (χ1v) is 4.59. The summed E-state index contributed by atoms with van der Waals surface area (Å²) in [6, 6.07) is 0. The van der Waals surface area contributed by atoms with Gasteiger partial charge >= 0.3 is 5.97 Å². The van der Waals surface area contributed by atoms with Gasteiger partial charge in [0.15, 0.2) is 0 Å². The number of allylic oxidation sites excluding steroid dienone is 1. The molecular formula is C7H9Cl3O2. The fraction of sp³-hybridized carbons (Fsp3) is 0.571. The number of hydrogen-bond acceptors (Lipinski definition) is 2. The summed E-state index contributed by atoms with van der Waals surface area (Å²) in [5.74, 6) is -0.634. The second kappa shape index (κ2) is 5.68. The van der Waals surface area contributed by atoms with Crippen molar-refractivity contribution in [2.24, 2.45) is 0 Å². The molecular weight excluding hydrogens is 222 g/mol. The van der Waals surface area contributed by atoms with Crippen molar-refractivity contribution in [2.75, 3.05) is 5.88 Å². The lowest BCUT2D eigenvalue weighted by molar-refractivity contribution is -0.141. The van der Waals surface area contributed by atoms with Crippen molar-refractivity contribution in [1.29, 1.82) is 0 Å². The van der Waals surface area contributed by atoms with Gasteiger partial charge in [0, 0.05) is 0 Å². The Morgan fingerprint density at radius 3 is 2.25 bits per heavy atom. The average molecular weight is 232 g/mol. The first-order chi connectivity index (χ1) is 5.49. The lowest BCUT2D eigenvalue weighted by Gasteiger charge is -2.07. The molecule has 0 aromatic rings. The van der Waals surface area contributed by atoms with Gasteiger partial charge in [0.25, 0.3) is 0 Å². The van der Waals surface area contributed by atoms with Crippen LogP contribution >= 0.6 is 34.8 Å². The normalized spacial score (nSPS) is 12.8. The van der Waals surface area contributed by atoms with E-state index in [1.807, 2.05) is 0 Å². The molecule has 0 saturated carbocycles. The molecule has 0 saturated heterocycles. The first-order valence-electron chi connectivity index (χ1n) is 3.30. The molecule has 5 heteroatoms. The number of carbonyl (C=O) groups is 1. The molecule has 0 unspecified atom stereocenters. The highest BCUT2D eigenvalue weighted by Crippen LogP contribution is 2.17. The van der Waals surface area contributed by atoms with Crippen molar-refractivity contribution < 1.29 is 9.53 Å². The summed E-state index contributed by atoms with van der Waals surface area (Å²) in [5.41, 5.74) is 0. The Hall–Kier alpha value is 0.0800. The molecule has 0 spiro atoms. The van der Waals surface area contributed by atoms with E-state index in [2.05, 4.69) is 0 Å². The molecule has 0 aromatic heterocycles. The van der Waals surface area contributed by atoms with Crippen LogP contribution in [0.3, 0.4) is 0 Å². The third-order valence-corrected chi connectivity index (χ3v) is 2.08. The maximum Gasteiger partial charge on any atom is 0.351 e. The van der Waals surface area contributed by atoms with Crippen LogP contribution in [-0.2, 0) is 9.53 Å². The summed E-state index contributed by atoms with van der Waals surface area (Å²) in [6.07, 6.45) is -0.217. The fourth-order valence-electron chi connectivity index (χ4n) is 0.435. The van der Waals surface area contributed by atoms with E-state index in [-0.39, 0.29) is 22.0 Å². The van der Waals surface area contributed by atoms with E-state index in [0.29, 0.717) is 0 Å². The molecule has 0 N–H and O–H groups in total. The summed E-state index contributed by atoms with van der Waals surface area (Å²) >= 11 is 16.4. The number of rotatable bonds is 3. The molecule has 70 valence electrons. The number of ether oxygens (including phenoxy) is 1. The van der Waals surface area contributed by atoms with Crippen LogP contribution in [0, 0.1) is 0 Å². The minimum Gasteiger partial charge on any atom is -0.459 e. The Morgan fingerprint density at radius 2 is 1.92 bits per heavy atom. The van der Waals surface area contributed by atoms with E-state index < -0.39 is 5.97 Å². The van der Waals surface area contributed by atoms with Crippen molar-refractivity contribution in [3.8, 4) is 0 Å². The third kappa shape index (κ3) is 4.19. The van der Waals surface area contributed by atoms with Gasteiger partial charge in [-0.05, 0) is 13.8 Å². The molecule has 0 radical (unpaired) electrons. The Labute approximate surface area is 86.4 Å². The quantitative estimate of drug-likeness (QED) is 0.424. The van der Waals surface area contributed by atoms with E-state index in [1.165, 1.54) is 0 Å². The number of halogens is 3. The van der Waals surface area contributed by atoms with E-state index >= 15 is 0 Å². The highest BCUT2D eigenvalue weighted by molar-refractivity contribution is 6.49. The topological polar surface area (TPSA) is 26.3 Å². The highest BCUT2D eigenvalue weighted by Gasteiger charge is 2.13. The maximum absolute atomic E-state index is 11.0. The van der Waals surface area contributed by atoms with Crippen molar-refractivity contribution in [2.45, 2.75) is 20.0 Å². The molecule has 0 atom stereocenters. The van der Waals surface area contributed by atoms with Gasteiger partial charge in [-0.1, -0.05) is 23.2 Å². The summed E-state index contributed by atoms with van der Waals surface area (Å²) in [4.78, 5) is 11.0. The summed E-state index contributed by atoms with van der Waals surface area (Å²) in [5, 5.41) is -0.0515. The van der Waals surface area contributed by atoms with Gasteiger partial charge in [0.05, 0.1) is 17.0 Å². The van der Waals surface area contributed by atoms with Gasteiger partial charge in [-0.15, -0.1) is 11.6 Å². The van der Waals surface area contributed by atoms with Gasteiger partial charge in [0.1, 0.15) is 5.03 Å². The van der Waals surface area contributed by atoms with Crippen LogP contribution < -0.4 is 0 Å². The largest absolute Gasteiger partial charge is 0.459 e. The van der Waals surface area contributed by atoms with Crippen molar-refractivity contribution in [3.05, 3.63) is 10.1 Å². The fourth-order valence-corrected chi connectivity index (χ4v) is 0.826. The Bertz CT molecular complexity index is 199.